The number of ether oxygens (including phenoxy) is 2. The summed E-state index contributed by atoms with van der Waals surface area (Å²) in [7, 11) is 0. The van der Waals surface area contributed by atoms with Gasteiger partial charge in [0.2, 0.25) is 0 Å². The Hall–Kier alpha value is -1.24. The number of hydrogen-bond donors (Lipinski definition) is 0. The number of imidazole rings is 1. The minimum atomic E-state index is -0.472. The average molecular weight is 295 g/mol. The number of halogens is 1. The number of nitrogens with zero attached hydrogens (tertiary/aromatic N) is 4. The Bertz CT molecular complexity index is 671. The van der Waals surface area contributed by atoms with E-state index < -0.39 is 5.79 Å². The SMILES string of the molecule is CC1(C)OC[C@H]([C@@H]2C[C@@H]2n2cnc3c(Cl)ncnc32)O1. The Morgan fingerprint density at radius 2 is 2.20 bits per heavy atom. The zero-order chi connectivity index (χ0) is 13.9. The van der Waals surface area contributed by atoms with Crippen LogP contribution in [-0.2, 0) is 9.47 Å². The Labute approximate surface area is 121 Å². The molecule has 0 spiro atoms. The Kier molecular flexibility index (Phi) is 2.58. The van der Waals surface area contributed by atoms with Crippen molar-refractivity contribution in [2.45, 2.75) is 38.2 Å². The lowest BCUT2D eigenvalue weighted by molar-refractivity contribution is -0.140. The van der Waals surface area contributed by atoms with E-state index in [9.17, 15) is 0 Å². The third-order valence-electron chi connectivity index (χ3n) is 3.98. The van der Waals surface area contributed by atoms with Gasteiger partial charge in [-0.05, 0) is 20.3 Å². The fraction of sp³-hybridized carbons (Fsp3) is 0.615. The van der Waals surface area contributed by atoms with Crippen molar-refractivity contribution in [2.75, 3.05) is 6.61 Å². The number of aromatic nitrogens is 4. The molecule has 2 aromatic heterocycles. The molecule has 1 saturated carbocycles. The largest absolute Gasteiger partial charge is 0.348 e. The van der Waals surface area contributed by atoms with Crippen LogP contribution in [0.25, 0.3) is 11.2 Å². The highest BCUT2D eigenvalue weighted by Gasteiger charge is 2.50. The van der Waals surface area contributed by atoms with Crippen LogP contribution in [0.2, 0.25) is 5.15 Å². The van der Waals surface area contributed by atoms with Crippen molar-refractivity contribution in [3.05, 3.63) is 17.8 Å². The molecular weight excluding hydrogens is 280 g/mol. The topological polar surface area (TPSA) is 62.1 Å². The van der Waals surface area contributed by atoms with Gasteiger partial charge in [0.1, 0.15) is 11.8 Å². The van der Waals surface area contributed by atoms with Gasteiger partial charge in [-0.3, -0.25) is 0 Å². The van der Waals surface area contributed by atoms with Gasteiger partial charge >= 0.3 is 0 Å². The summed E-state index contributed by atoms with van der Waals surface area (Å²) in [5.74, 6) is -0.0248. The van der Waals surface area contributed by atoms with Crippen LogP contribution in [0.3, 0.4) is 0 Å². The molecule has 4 rings (SSSR count). The quantitative estimate of drug-likeness (QED) is 0.795. The molecule has 0 bridgehead atoms. The lowest BCUT2D eigenvalue weighted by atomic mass is 10.2. The summed E-state index contributed by atoms with van der Waals surface area (Å²) >= 11 is 6.02. The smallest absolute Gasteiger partial charge is 0.165 e. The molecule has 0 unspecified atom stereocenters. The zero-order valence-corrected chi connectivity index (χ0v) is 12.0. The molecule has 2 aromatic rings. The maximum Gasteiger partial charge on any atom is 0.165 e. The maximum atomic E-state index is 6.02. The van der Waals surface area contributed by atoms with E-state index in [2.05, 4.69) is 19.5 Å². The first-order valence-electron chi connectivity index (χ1n) is 6.70. The third-order valence-corrected chi connectivity index (χ3v) is 4.26. The highest BCUT2D eigenvalue weighted by atomic mass is 35.5. The molecule has 0 aromatic carbocycles. The van der Waals surface area contributed by atoms with Gasteiger partial charge in [0, 0.05) is 12.0 Å². The minimum Gasteiger partial charge on any atom is -0.348 e. The van der Waals surface area contributed by atoms with E-state index >= 15 is 0 Å². The molecule has 7 heteroatoms. The van der Waals surface area contributed by atoms with Gasteiger partial charge in [-0.2, -0.15) is 0 Å². The molecule has 2 fully saturated rings. The number of hydrogen-bond acceptors (Lipinski definition) is 5. The fourth-order valence-corrected chi connectivity index (χ4v) is 3.09. The van der Waals surface area contributed by atoms with Crippen molar-refractivity contribution < 1.29 is 9.47 Å². The number of rotatable bonds is 2. The molecule has 106 valence electrons. The molecule has 0 N–H and O–H groups in total. The van der Waals surface area contributed by atoms with E-state index in [1.54, 1.807) is 6.33 Å². The van der Waals surface area contributed by atoms with Crippen LogP contribution in [-0.4, -0.2) is 38.0 Å². The molecule has 6 nitrogen and oxygen atoms in total. The molecular formula is C13H15ClN4O2. The Morgan fingerprint density at radius 1 is 1.35 bits per heavy atom. The van der Waals surface area contributed by atoms with E-state index in [4.69, 9.17) is 21.1 Å². The van der Waals surface area contributed by atoms with Crippen LogP contribution >= 0.6 is 11.6 Å². The van der Waals surface area contributed by atoms with Crippen molar-refractivity contribution in [1.82, 2.24) is 19.5 Å². The zero-order valence-electron chi connectivity index (χ0n) is 11.3. The van der Waals surface area contributed by atoms with Crippen LogP contribution in [0, 0.1) is 5.92 Å². The standard InChI is InChI=1S/C13H15ClN4O2/c1-13(2)19-4-9(20-13)7-3-8(7)18-6-17-10-11(14)15-5-16-12(10)18/h5-9H,3-4H2,1-2H3/t7-,8+,9-/m1/s1. The summed E-state index contributed by atoms with van der Waals surface area (Å²) in [4.78, 5) is 12.5. The van der Waals surface area contributed by atoms with Gasteiger partial charge in [-0.1, -0.05) is 11.6 Å². The normalized spacial score (nSPS) is 31.9. The van der Waals surface area contributed by atoms with Crippen molar-refractivity contribution in [3.8, 4) is 0 Å². The third kappa shape index (κ3) is 1.90. The molecule has 20 heavy (non-hydrogen) atoms. The molecule has 2 aliphatic rings. The monoisotopic (exact) mass is 294 g/mol. The Balaban J connectivity index is 1.59. The number of fused-ring (bicyclic) bond motifs is 1. The average Bonchev–Trinajstić information content (AvgIpc) is 2.92. The van der Waals surface area contributed by atoms with Gasteiger partial charge in [0.25, 0.3) is 0 Å². The molecule has 3 heterocycles. The van der Waals surface area contributed by atoms with Crippen molar-refractivity contribution in [1.29, 1.82) is 0 Å². The summed E-state index contributed by atoms with van der Waals surface area (Å²) in [6.07, 6.45) is 4.46. The van der Waals surface area contributed by atoms with E-state index in [1.807, 2.05) is 13.8 Å². The predicted molar refractivity (Wildman–Crippen MR) is 72.4 cm³/mol. The van der Waals surface area contributed by atoms with E-state index in [-0.39, 0.29) is 6.10 Å². The van der Waals surface area contributed by atoms with Crippen molar-refractivity contribution in [2.24, 2.45) is 5.92 Å². The Morgan fingerprint density at radius 3 is 2.95 bits per heavy atom. The summed E-state index contributed by atoms with van der Waals surface area (Å²) < 4.78 is 13.6. The second-order valence-corrected chi connectivity index (χ2v) is 6.18. The first kappa shape index (κ1) is 12.5. The second kappa shape index (κ2) is 4.13. The second-order valence-electron chi connectivity index (χ2n) is 5.82. The lowest BCUT2D eigenvalue weighted by Gasteiger charge is -2.17. The van der Waals surface area contributed by atoms with Gasteiger partial charge in [-0.15, -0.1) is 0 Å². The highest BCUT2D eigenvalue weighted by molar-refractivity contribution is 6.33. The van der Waals surface area contributed by atoms with Crippen LogP contribution in [0.1, 0.15) is 26.3 Å². The van der Waals surface area contributed by atoms with E-state index in [1.165, 1.54) is 6.33 Å². The summed E-state index contributed by atoms with van der Waals surface area (Å²) in [5.41, 5.74) is 1.44. The fourth-order valence-electron chi connectivity index (χ4n) is 2.91. The summed E-state index contributed by atoms with van der Waals surface area (Å²) in [5, 5.41) is 0.396. The van der Waals surface area contributed by atoms with Crippen LogP contribution in [0.5, 0.6) is 0 Å². The van der Waals surface area contributed by atoms with E-state index in [0.29, 0.717) is 29.2 Å². The van der Waals surface area contributed by atoms with Gasteiger partial charge in [0.15, 0.2) is 16.6 Å². The molecule has 1 saturated heterocycles. The molecule has 3 atom stereocenters. The van der Waals surface area contributed by atoms with Crippen LogP contribution in [0.4, 0.5) is 0 Å². The van der Waals surface area contributed by atoms with Crippen molar-refractivity contribution >= 4 is 22.8 Å². The van der Waals surface area contributed by atoms with Crippen LogP contribution in [0.15, 0.2) is 12.7 Å². The minimum absolute atomic E-state index is 0.143. The summed E-state index contributed by atoms with van der Waals surface area (Å²) in [6, 6.07) is 0.355. The summed E-state index contributed by atoms with van der Waals surface area (Å²) in [6.45, 7) is 4.55. The van der Waals surface area contributed by atoms with Gasteiger partial charge < -0.3 is 14.0 Å². The molecule has 0 amide bonds. The lowest BCUT2D eigenvalue weighted by Crippen LogP contribution is -2.22. The molecule has 0 radical (unpaired) electrons. The maximum absolute atomic E-state index is 6.02. The van der Waals surface area contributed by atoms with Gasteiger partial charge in [-0.25, -0.2) is 15.0 Å². The first-order chi connectivity index (χ1) is 9.55. The highest BCUT2D eigenvalue weighted by Crippen LogP contribution is 2.50. The molecule has 1 aliphatic carbocycles. The van der Waals surface area contributed by atoms with Crippen molar-refractivity contribution in [3.63, 3.8) is 0 Å². The molecule has 1 aliphatic heterocycles. The van der Waals surface area contributed by atoms with Crippen LogP contribution < -0.4 is 0 Å². The van der Waals surface area contributed by atoms with Gasteiger partial charge in [0.05, 0.1) is 19.0 Å². The van der Waals surface area contributed by atoms with E-state index in [0.717, 1.165) is 12.1 Å². The first-order valence-corrected chi connectivity index (χ1v) is 7.08. The predicted octanol–water partition coefficient (Wildman–Crippen LogP) is 2.19.